The van der Waals surface area contributed by atoms with Crippen LogP contribution in [0.3, 0.4) is 0 Å². The monoisotopic (exact) mass is 556 g/mol. The highest BCUT2D eigenvalue weighted by Gasteiger charge is 2.70. The fourth-order valence-electron chi connectivity index (χ4n) is 7.26. The van der Waals surface area contributed by atoms with Crippen LogP contribution in [0, 0.1) is 11.7 Å². The van der Waals surface area contributed by atoms with Gasteiger partial charge in [0.25, 0.3) is 0 Å². The van der Waals surface area contributed by atoms with Crippen molar-refractivity contribution in [2.45, 2.75) is 37.3 Å². The van der Waals surface area contributed by atoms with Crippen molar-refractivity contribution in [2.24, 2.45) is 5.92 Å². The second kappa shape index (κ2) is 9.91. The molecule has 1 amide bonds. The van der Waals surface area contributed by atoms with Gasteiger partial charge in [0, 0.05) is 23.0 Å². The Bertz CT molecular complexity index is 1760. The first kappa shape index (κ1) is 26.1. The lowest BCUT2D eigenvalue weighted by Gasteiger charge is -2.38. The molecule has 208 valence electrons. The number of rotatable bonds is 6. The predicted octanol–water partition coefficient (Wildman–Crippen LogP) is 6.76. The van der Waals surface area contributed by atoms with Crippen molar-refractivity contribution in [1.82, 2.24) is 4.90 Å². The van der Waals surface area contributed by atoms with Crippen LogP contribution in [-0.4, -0.2) is 28.4 Å². The Labute approximate surface area is 243 Å². The topological polar surface area (TPSA) is 66.5 Å². The van der Waals surface area contributed by atoms with E-state index in [2.05, 4.69) is 12.2 Å². The molecule has 0 aliphatic carbocycles. The minimum absolute atomic E-state index is 0.273. The number of benzene rings is 4. The third-order valence-corrected chi connectivity index (χ3v) is 9.03. The van der Waals surface area contributed by atoms with Gasteiger partial charge in [0.15, 0.2) is 11.6 Å². The number of ketones is 2. The fourth-order valence-corrected chi connectivity index (χ4v) is 7.26. The smallest absolute Gasteiger partial charge is 0.238 e. The van der Waals surface area contributed by atoms with E-state index in [0.29, 0.717) is 16.8 Å². The summed E-state index contributed by atoms with van der Waals surface area (Å²) in [4.78, 5) is 45.7. The Kier molecular flexibility index (Phi) is 6.15. The van der Waals surface area contributed by atoms with E-state index in [-0.39, 0.29) is 23.0 Å². The summed E-state index contributed by atoms with van der Waals surface area (Å²) in [6.07, 6.45) is 5.63. The lowest BCUT2D eigenvalue weighted by Crippen LogP contribution is -2.49. The average molecular weight is 557 g/mol. The number of hydrogen-bond donors (Lipinski definition) is 1. The van der Waals surface area contributed by atoms with E-state index < -0.39 is 29.2 Å². The molecule has 0 radical (unpaired) electrons. The highest BCUT2D eigenvalue weighted by atomic mass is 19.1. The third kappa shape index (κ3) is 3.71. The summed E-state index contributed by atoms with van der Waals surface area (Å²) < 4.78 is 13.9. The molecule has 6 heteroatoms. The summed E-state index contributed by atoms with van der Waals surface area (Å²) in [6, 6.07) is 26.5. The second-order valence-electron chi connectivity index (χ2n) is 11.3. The molecule has 1 fully saturated rings. The quantitative estimate of drug-likeness (QED) is 0.267. The van der Waals surface area contributed by atoms with Gasteiger partial charge < -0.3 is 10.2 Å². The number of carbonyl (C=O) groups excluding carboxylic acids is 3. The summed E-state index contributed by atoms with van der Waals surface area (Å²) in [5.74, 6) is -2.43. The van der Waals surface area contributed by atoms with Crippen molar-refractivity contribution < 1.29 is 18.8 Å². The molecule has 4 atom stereocenters. The van der Waals surface area contributed by atoms with Crippen molar-refractivity contribution >= 4 is 29.2 Å². The van der Waals surface area contributed by atoms with Gasteiger partial charge in [-0.25, -0.2) is 4.39 Å². The maximum Gasteiger partial charge on any atom is 0.238 e. The van der Waals surface area contributed by atoms with Crippen LogP contribution in [0.1, 0.15) is 62.4 Å². The second-order valence-corrected chi connectivity index (χ2v) is 11.3. The van der Waals surface area contributed by atoms with Gasteiger partial charge in [-0.1, -0.05) is 80.1 Å². The number of fused-ring (bicyclic) bond motifs is 6. The van der Waals surface area contributed by atoms with Gasteiger partial charge >= 0.3 is 0 Å². The molecule has 5 nitrogen and oxygen atoms in total. The number of carbonyl (C=O) groups is 3. The Morgan fingerprint density at radius 2 is 1.52 bits per heavy atom. The minimum atomic E-state index is -1.39. The first-order valence-corrected chi connectivity index (χ1v) is 14.3. The normalized spacial score (nSPS) is 23.3. The van der Waals surface area contributed by atoms with Crippen LogP contribution < -0.4 is 5.32 Å². The van der Waals surface area contributed by atoms with Gasteiger partial charge in [-0.3, -0.25) is 14.4 Å². The molecule has 3 aliphatic rings. The number of Topliss-reactive ketones (excluding diaryl/α,β-unsaturated/α-hetero) is 2. The van der Waals surface area contributed by atoms with E-state index in [0.717, 1.165) is 29.5 Å². The molecule has 42 heavy (non-hydrogen) atoms. The number of aryl methyl sites for hydroxylation is 1. The van der Waals surface area contributed by atoms with Gasteiger partial charge in [0.05, 0.1) is 12.0 Å². The Morgan fingerprint density at radius 1 is 0.857 bits per heavy atom. The summed E-state index contributed by atoms with van der Waals surface area (Å²) >= 11 is 0. The average Bonchev–Trinajstić information content (AvgIpc) is 3.49. The first-order chi connectivity index (χ1) is 20.4. The molecule has 0 bridgehead atoms. The van der Waals surface area contributed by atoms with E-state index in [1.165, 1.54) is 24.3 Å². The third-order valence-electron chi connectivity index (χ3n) is 9.03. The minimum Gasteiger partial charge on any atom is -0.358 e. The number of hydrogen-bond acceptors (Lipinski definition) is 4. The zero-order valence-electron chi connectivity index (χ0n) is 23.1. The Hall–Kier alpha value is -4.84. The van der Waals surface area contributed by atoms with E-state index in [1.54, 1.807) is 12.1 Å². The van der Waals surface area contributed by atoms with Gasteiger partial charge in [0.2, 0.25) is 5.91 Å². The number of halogens is 1. The van der Waals surface area contributed by atoms with Gasteiger partial charge in [-0.2, -0.15) is 0 Å². The van der Waals surface area contributed by atoms with Crippen molar-refractivity contribution in [1.29, 1.82) is 0 Å². The van der Waals surface area contributed by atoms with Crippen molar-refractivity contribution in [2.75, 3.05) is 5.32 Å². The van der Waals surface area contributed by atoms with Crippen LogP contribution in [0.15, 0.2) is 103 Å². The maximum absolute atomic E-state index is 14.8. The molecule has 1 N–H and O–H groups in total. The molecule has 3 heterocycles. The lowest BCUT2D eigenvalue weighted by atomic mass is 9.62. The molecule has 0 saturated carbocycles. The van der Waals surface area contributed by atoms with Gasteiger partial charge in [0.1, 0.15) is 17.3 Å². The highest BCUT2D eigenvalue weighted by molar-refractivity contribution is 6.16. The van der Waals surface area contributed by atoms with Crippen LogP contribution in [0.2, 0.25) is 0 Å². The van der Waals surface area contributed by atoms with Crippen LogP contribution in [0.5, 0.6) is 0 Å². The molecule has 7 rings (SSSR count). The van der Waals surface area contributed by atoms with Crippen LogP contribution in [-0.2, 0) is 16.6 Å². The van der Waals surface area contributed by atoms with Crippen LogP contribution in [0.25, 0.3) is 6.08 Å². The number of anilines is 1. The number of amides is 1. The summed E-state index contributed by atoms with van der Waals surface area (Å²) in [7, 11) is 0. The first-order valence-electron chi connectivity index (χ1n) is 14.3. The number of nitrogens with zero attached hydrogens (tertiary/aromatic N) is 1. The molecular weight excluding hydrogens is 527 g/mol. The summed E-state index contributed by atoms with van der Waals surface area (Å²) in [5, 5.41) is 3.06. The molecule has 0 unspecified atom stereocenters. The standard InChI is InChI=1S/C36H29FN2O3/c1-2-7-22-12-14-24(15-13-22)32(40)30-31(33(41)25-16-18-26(37)19-17-25)39-21-20-23-8-3-4-9-27(23)34(39)36(30)28-10-5-6-11-29(28)38-35(36)42/h3-6,8-21,30-31,34H,2,7H2,1H3,(H,38,42)/t30-,31-,34+,36+/m0/s1. The van der Waals surface area contributed by atoms with Crippen molar-refractivity contribution in [3.05, 3.63) is 142 Å². The van der Waals surface area contributed by atoms with Gasteiger partial charge in [-0.05, 0) is 65.1 Å². The van der Waals surface area contributed by atoms with Crippen LogP contribution >= 0.6 is 0 Å². The molecule has 3 aliphatic heterocycles. The van der Waals surface area contributed by atoms with Crippen LogP contribution in [0.4, 0.5) is 10.1 Å². The molecule has 0 aromatic heterocycles. The van der Waals surface area contributed by atoms with Crippen molar-refractivity contribution in [3.8, 4) is 0 Å². The van der Waals surface area contributed by atoms with E-state index >= 15 is 0 Å². The predicted molar refractivity (Wildman–Crippen MR) is 160 cm³/mol. The Balaban J connectivity index is 1.50. The lowest BCUT2D eigenvalue weighted by molar-refractivity contribution is -0.122. The van der Waals surface area contributed by atoms with E-state index in [4.69, 9.17) is 0 Å². The molecule has 4 aromatic carbocycles. The zero-order valence-corrected chi connectivity index (χ0v) is 23.1. The van der Waals surface area contributed by atoms with E-state index in [9.17, 15) is 18.8 Å². The highest BCUT2D eigenvalue weighted by Crippen LogP contribution is 2.62. The summed E-state index contributed by atoms with van der Waals surface area (Å²) in [6.45, 7) is 2.10. The SMILES string of the molecule is CCCc1ccc(C(=O)[C@@H]2[C@@H](C(=O)c3ccc(F)cc3)N3C=Cc4ccccc4[C@@H]3[C@]23C(=O)Nc2ccccc23)cc1. The van der Waals surface area contributed by atoms with E-state index in [1.807, 2.05) is 77.8 Å². The molecular formula is C36H29FN2O3. The largest absolute Gasteiger partial charge is 0.358 e. The fraction of sp³-hybridized carbons (Fsp3) is 0.194. The zero-order chi connectivity index (χ0) is 29.0. The van der Waals surface area contributed by atoms with Gasteiger partial charge in [-0.15, -0.1) is 0 Å². The molecule has 1 saturated heterocycles. The van der Waals surface area contributed by atoms with Crippen molar-refractivity contribution in [3.63, 3.8) is 0 Å². The summed E-state index contributed by atoms with van der Waals surface area (Å²) in [5.41, 5.74) is 3.60. The number of para-hydroxylation sites is 1. The molecule has 4 aromatic rings. The number of nitrogens with one attached hydrogen (secondary N) is 1. The Morgan fingerprint density at radius 3 is 2.29 bits per heavy atom. The molecule has 1 spiro atoms. The maximum atomic E-state index is 14.8.